The Balaban J connectivity index is 1.76. The average molecular weight is 663 g/mol. The molecule has 15 heteroatoms. The number of carbonyl (C=O) groups excluding carboxylic acids is 1. The summed E-state index contributed by atoms with van der Waals surface area (Å²) in [6.45, 7) is 0. The third kappa shape index (κ3) is 6.42. The van der Waals surface area contributed by atoms with Gasteiger partial charge in [-0.25, -0.2) is 8.42 Å². The summed E-state index contributed by atoms with van der Waals surface area (Å²) in [5, 5.41) is 5.30. The number of amides is 1. The normalized spacial score (nSPS) is 11.6. The lowest BCUT2D eigenvalue weighted by atomic mass is 10.2. The standard InChI is InChI=1S/C21H11BrCl3F3N2O4S2/c22-13-9-11(36(32,33)21(26,27)28)5-6-17(13)34-18-15(24)7-10(8-16(18)25)29-20(35)30-19(31)12-3-1-2-4-14(12)23/h1-9H,(H2,29,30,31,35). The van der Waals surface area contributed by atoms with Crippen molar-refractivity contribution in [3.05, 3.63) is 79.7 Å². The Bertz CT molecular complexity index is 1450. The number of carbonyl (C=O) groups is 1. The average Bonchev–Trinajstić information content (AvgIpc) is 2.76. The Labute approximate surface area is 231 Å². The van der Waals surface area contributed by atoms with Gasteiger partial charge < -0.3 is 10.1 Å². The molecule has 6 nitrogen and oxygen atoms in total. The molecular weight excluding hydrogens is 652 g/mol. The number of benzene rings is 3. The van der Waals surface area contributed by atoms with Gasteiger partial charge in [-0.05, 0) is 70.6 Å². The van der Waals surface area contributed by atoms with E-state index in [-0.39, 0.29) is 47.4 Å². The van der Waals surface area contributed by atoms with E-state index in [1.165, 1.54) is 18.2 Å². The second-order valence-corrected chi connectivity index (χ2v) is 11.2. The monoisotopic (exact) mass is 660 g/mol. The van der Waals surface area contributed by atoms with Crippen LogP contribution in [0.2, 0.25) is 15.1 Å². The van der Waals surface area contributed by atoms with Gasteiger partial charge in [-0.3, -0.25) is 10.1 Å². The fourth-order valence-electron chi connectivity index (χ4n) is 2.68. The number of hydrogen-bond acceptors (Lipinski definition) is 5. The summed E-state index contributed by atoms with van der Waals surface area (Å²) in [5.74, 6) is -0.665. The van der Waals surface area contributed by atoms with Crippen molar-refractivity contribution >= 4 is 89.5 Å². The highest BCUT2D eigenvalue weighted by Crippen LogP contribution is 2.42. The van der Waals surface area contributed by atoms with Crippen LogP contribution in [0.25, 0.3) is 0 Å². The van der Waals surface area contributed by atoms with Crippen molar-refractivity contribution in [3.8, 4) is 11.5 Å². The van der Waals surface area contributed by atoms with Gasteiger partial charge in [-0.2, -0.15) is 13.2 Å². The zero-order valence-electron chi connectivity index (χ0n) is 17.3. The molecule has 190 valence electrons. The number of thiocarbonyl (C=S) groups is 1. The lowest BCUT2D eigenvalue weighted by Gasteiger charge is -2.15. The summed E-state index contributed by atoms with van der Waals surface area (Å²) in [6, 6.07) is 11.6. The van der Waals surface area contributed by atoms with Crippen molar-refractivity contribution in [2.45, 2.75) is 10.4 Å². The van der Waals surface area contributed by atoms with Crippen LogP contribution >= 0.6 is 63.0 Å². The fourth-order valence-corrected chi connectivity index (χ4v) is 5.08. The molecule has 1 amide bonds. The van der Waals surface area contributed by atoms with Gasteiger partial charge in [0.05, 0.1) is 30.0 Å². The first-order valence-electron chi connectivity index (χ1n) is 9.35. The van der Waals surface area contributed by atoms with Gasteiger partial charge in [0.2, 0.25) is 0 Å². The van der Waals surface area contributed by atoms with Crippen LogP contribution in [0.15, 0.2) is 64.0 Å². The first-order chi connectivity index (χ1) is 16.7. The maximum atomic E-state index is 12.8. The smallest absolute Gasteiger partial charge is 0.453 e. The van der Waals surface area contributed by atoms with Crippen LogP contribution in [-0.2, 0) is 9.84 Å². The van der Waals surface area contributed by atoms with Crippen molar-refractivity contribution in [3.63, 3.8) is 0 Å². The predicted octanol–water partition coefficient (Wildman–Crippen LogP) is 7.62. The molecule has 0 bridgehead atoms. The molecule has 0 aromatic heterocycles. The summed E-state index contributed by atoms with van der Waals surface area (Å²) >= 11 is 26.6. The summed E-state index contributed by atoms with van der Waals surface area (Å²) in [6.07, 6.45) is 0. The molecule has 0 aliphatic heterocycles. The Morgan fingerprint density at radius 1 is 0.972 bits per heavy atom. The number of ether oxygens (including phenoxy) is 1. The SMILES string of the molecule is O=C(NC(=S)Nc1cc(Cl)c(Oc2ccc(S(=O)(=O)C(F)(F)F)cc2Br)c(Cl)c1)c1ccccc1Cl. The molecule has 0 aliphatic carbocycles. The summed E-state index contributed by atoms with van der Waals surface area (Å²) < 4.78 is 67.1. The van der Waals surface area contributed by atoms with E-state index in [9.17, 15) is 26.4 Å². The minimum atomic E-state index is -5.55. The summed E-state index contributed by atoms with van der Waals surface area (Å²) in [5.41, 5.74) is -4.97. The molecule has 0 radical (unpaired) electrons. The largest absolute Gasteiger partial charge is 0.501 e. The lowest BCUT2D eigenvalue weighted by Crippen LogP contribution is -2.34. The topological polar surface area (TPSA) is 84.5 Å². The Morgan fingerprint density at radius 2 is 1.58 bits per heavy atom. The van der Waals surface area contributed by atoms with E-state index >= 15 is 0 Å². The van der Waals surface area contributed by atoms with Crippen molar-refractivity contribution < 1.29 is 31.1 Å². The van der Waals surface area contributed by atoms with E-state index in [4.69, 9.17) is 51.8 Å². The number of halogens is 7. The molecule has 3 aromatic rings. The minimum absolute atomic E-state index is 0.0240. The van der Waals surface area contributed by atoms with Crippen molar-refractivity contribution in [2.75, 3.05) is 5.32 Å². The van der Waals surface area contributed by atoms with Crippen LogP contribution in [0, 0.1) is 0 Å². The molecule has 0 spiro atoms. The quantitative estimate of drug-likeness (QED) is 0.274. The number of anilines is 1. The molecule has 0 atom stereocenters. The molecule has 36 heavy (non-hydrogen) atoms. The highest BCUT2D eigenvalue weighted by Gasteiger charge is 2.47. The highest BCUT2D eigenvalue weighted by molar-refractivity contribution is 9.10. The van der Waals surface area contributed by atoms with Crippen molar-refractivity contribution in [1.29, 1.82) is 0 Å². The minimum Gasteiger partial charge on any atom is -0.453 e. The van der Waals surface area contributed by atoms with Crippen LogP contribution in [0.1, 0.15) is 10.4 Å². The van der Waals surface area contributed by atoms with Gasteiger partial charge in [-0.15, -0.1) is 0 Å². The van der Waals surface area contributed by atoms with Crippen LogP contribution in [0.3, 0.4) is 0 Å². The molecule has 3 aromatic carbocycles. The molecule has 0 saturated carbocycles. The molecule has 0 fully saturated rings. The van der Waals surface area contributed by atoms with E-state index in [0.717, 1.165) is 18.2 Å². The van der Waals surface area contributed by atoms with Crippen LogP contribution in [0.5, 0.6) is 11.5 Å². The zero-order valence-corrected chi connectivity index (χ0v) is 22.8. The second-order valence-electron chi connectivity index (χ2n) is 6.80. The van der Waals surface area contributed by atoms with Gasteiger partial charge in [-0.1, -0.05) is 46.9 Å². The first-order valence-corrected chi connectivity index (χ1v) is 13.2. The van der Waals surface area contributed by atoms with Crippen molar-refractivity contribution in [1.82, 2.24) is 5.32 Å². The maximum Gasteiger partial charge on any atom is 0.501 e. The van der Waals surface area contributed by atoms with Gasteiger partial charge in [0.1, 0.15) is 5.75 Å². The molecule has 0 heterocycles. The number of hydrogen-bond donors (Lipinski definition) is 2. The third-order valence-corrected chi connectivity index (χ3v) is 7.53. The Hall–Kier alpha value is -2.09. The molecular formula is C21H11BrCl3F3N2O4S2. The Kier molecular flexibility index (Phi) is 8.79. The molecule has 0 aliphatic rings. The molecule has 0 saturated heterocycles. The fraction of sp³-hybridized carbons (Fsp3) is 0.0476. The van der Waals surface area contributed by atoms with Gasteiger partial charge in [0.15, 0.2) is 10.9 Å². The second kappa shape index (κ2) is 11.1. The van der Waals surface area contributed by atoms with E-state index in [2.05, 4.69) is 26.6 Å². The third-order valence-electron chi connectivity index (χ3n) is 4.33. The molecule has 3 rings (SSSR count). The number of nitrogens with one attached hydrogen (secondary N) is 2. The lowest BCUT2D eigenvalue weighted by molar-refractivity contribution is -0.0436. The van der Waals surface area contributed by atoms with E-state index < -0.39 is 26.1 Å². The Morgan fingerprint density at radius 3 is 2.14 bits per heavy atom. The molecule has 0 unspecified atom stereocenters. The zero-order chi connectivity index (χ0) is 26.8. The van der Waals surface area contributed by atoms with E-state index in [1.54, 1.807) is 18.2 Å². The number of alkyl halides is 3. The number of rotatable bonds is 5. The summed E-state index contributed by atoms with van der Waals surface area (Å²) in [4.78, 5) is 11.4. The van der Waals surface area contributed by atoms with Crippen LogP contribution in [-0.4, -0.2) is 24.9 Å². The molecule has 2 N–H and O–H groups in total. The van der Waals surface area contributed by atoms with Gasteiger partial charge in [0.25, 0.3) is 15.7 Å². The maximum absolute atomic E-state index is 12.8. The summed E-state index contributed by atoms with van der Waals surface area (Å²) in [7, 11) is -5.55. The van der Waals surface area contributed by atoms with Crippen LogP contribution in [0.4, 0.5) is 18.9 Å². The van der Waals surface area contributed by atoms with E-state index in [1.807, 2.05) is 0 Å². The number of sulfone groups is 1. The van der Waals surface area contributed by atoms with E-state index in [0.29, 0.717) is 0 Å². The van der Waals surface area contributed by atoms with Crippen molar-refractivity contribution in [2.24, 2.45) is 0 Å². The van der Waals surface area contributed by atoms with Gasteiger partial charge in [0, 0.05) is 5.69 Å². The van der Waals surface area contributed by atoms with Gasteiger partial charge >= 0.3 is 5.51 Å². The first kappa shape index (κ1) is 28.5. The highest BCUT2D eigenvalue weighted by atomic mass is 79.9. The predicted molar refractivity (Wildman–Crippen MR) is 139 cm³/mol. The van der Waals surface area contributed by atoms with Crippen LogP contribution < -0.4 is 15.4 Å².